The predicted molar refractivity (Wildman–Crippen MR) is 126 cm³/mol. The van der Waals surface area contributed by atoms with Crippen LogP contribution in [0, 0.1) is 0 Å². The lowest BCUT2D eigenvalue weighted by molar-refractivity contribution is 0.0781. The third kappa shape index (κ3) is 3.41. The molecule has 166 valence electrons. The van der Waals surface area contributed by atoms with Crippen LogP contribution < -0.4 is 5.32 Å². The molecule has 0 spiro atoms. The molecule has 2 aliphatic carbocycles. The molecule has 3 aromatic rings. The molecular formula is C26H31N5O. The molecule has 0 saturated carbocycles. The molecule has 0 radical (unpaired) electrons. The average Bonchev–Trinajstić information content (AvgIpc) is 3.41. The van der Waals surface area contributed by atoms with E-state index in [0.29, 0.717) is 18.6 Å². The summed E-state index contributed by atoms with van der Waals surface area (Å²) < 4.78 is 7.66. The molecule has 1 N–H and O–H groups in total. The maximum atomic E-state index is 5.75. The number of benzene rings is 1. The number of anilines is 1. The molecule has 6 rings (SSSR count). The lowest BCUT2D eigenvalue weighted by Gasteiger charge is -2.27. The van der Waals surface area contributed by atoms with Gasteiger partial charge in [0.2, 0.25) is 5.95 Å². The van der Waals surface area contributed by atoms with E-state index in [1.165, 1.54) is 16.7 Å². The molecule has 0 amide bonds. The van der Waals surface area contributed by atoms with E-state index >= 15 is 0 Å². The van der Waals surface area contributed by atoms with Crippen LogP contribution in [0.4, 0.5) is 5.95 Å². The summed E-state index contributed by atoms with van der Waals surface area (Å²) in [7, 11) is 0. The average molecular weight is 430 g/mol. The van der Waals surface area contributed by atoms with Gasteiger partial charge in [-0.25, -0.2) is 4.98 Å². The molecular weight excluding hydrogens is 398 g/mol. The fraction of sp³-hybridized carbons (Fsp3) is 0.500. The van der Waals surface area contributed by atoms with Gasteiger partial charge in [0, 0.05) is 24.1 Å². The van der Waals surface area contributed by atoms with Crippen LogP contribution in [0.1, 0.15) is 80.3 Å². The largest absolute Gasteiger partial charge is 0.381 e. The Labute approximate surface area is 189 Å². The zero-order valence-electron chi connectivity index (χ0n) is 19.0. The van der Waals surface area contributed by atoms with Gasteiger partial charge in [-0.05, 0) is 61.1 Å². The Morgan fingerprint density at radius 1 is 1.16 bits per heavy atom. The van der Waals surface area contributed by atoms with Crippen molar-refractivity contribution in [3.8, 4) is 0 Å². The second-order valence-corrected chi connectivity index (χ2v) is 9.81. The maximum absolute atomic E-state index is 5.75. The van der Waals surface area contributed by atoms with E-state index in [1.54, 1.807) is 11.1 Å². The number of fused-ring (bicyclic) bond motifs is 3. The third-order valence-electron chi connectivity index (χ3n) is 7.31. The minimum Gasteiger partial charge on any atom is -0.381 e. The standard InChI is InChI=1S/C26H31N5O/c1-16(2)23-14-27-31-25(23)29-24(19-7-5-11-32-15-19)30-26(31)28-20-10-9-18-12-17-6-3-4-8-21(17)22(18)13-20/h3-4,6,8,14,16,19-20H,5,7,9-13,15H2,1-2H3,(H,28,29,30)/t19-,20+/m0/s1. The summed E-state index contributed by atoms with van der Waals surface area (Å²) in [6, 6.07) is 9.23. The van der Waals surface area contributed by atoms with Gasteiger partial charge in [-0.15, -0.1) is 0 Å². The minimum absolute atomic E-state index is 0.256. The third-order valence-corrected chi connectivity index (χ3v) is 7.31. The summed E-state index contributed by atoms with van der Waals surface area (Å²) in [4.78, 5) is 9.98. The van der Waals surface area contributed by atoms with Crippen LogP contribution in [0.3, 0.4) is 0 Å². The first-order chi connectivity index (χ1) is 15.7. The molecule has 6 heteroatoms. The molecule has 2 aromatic heterocycles. The molecule has 1 saturated heterocycles. The zero-order valence-corrected chi connectivity index (χ0v) is 19.0. The quantitative estimate of drug-likeness (QED) is 0.624. The van der Waals surface area contributed by atoms with E-state index in [4.69, 9.17) is 14.7 Å². The zero-order chi connectivity index (χ0) is 21.7. The van der Waals surface area contributed by atoms with Gasteiger partial charge in [-0.3, -0.25) is 0 Å². The highest BCUT2D eigenvalue weighted by atomic mass is 16.5. The van der Waals surface area contributed by atoms with Crippen LogP contribution in [-0.2, 0) is 11.2 Å². The van der Waals surface area contributed by atoms with Crippen molar-refractivity contribution >= 4 is 17.2 Å². The fourth-order valence-corrected chi connectivity index (χ4v) is 5.53. The number of aromatic nitrogens is 4. The Morgan fingerprint density at radius 3 is 2.91 bits per heavy atom. The molecule has 3 heterocycles. The summed E-state index contributed by atoms with van der Waals surface area (Å²) in [5.41, 5.74) is 8.20. The van der Waals surface area contributed by atoms with E-state index in [2.05, 4.69) is 48.5 Å². The van der Waals surface area contributed by atoms with Gasteiger partial charge in [-0.1, -0.05) is 43.7 Å². The van der Waals surface area contributed by atoms with Crippen molar-refractivity contribution < 1.29 is 4.74 Å². The Kier molecular flexibility index (Phi) is 4.98. The second-order valence-electron chi connectivity index (χ2n) is 9.81. The van der Waals surface area contributed by atoms with Gasteiger partial charge in [0.15, 0.2) is 5.65 Å². The summed E-state index contributed by atoms with van der Waals surface area (Å²) in [6.45, 7) is 5.94. The first-order valence-electron chi connectivity index (χ1n) is 12.1. The Bertz CT molecular complexity index is 1190. The Morgan fingerprint density at radius 2 is 2.06 bits per heavy atom. The summed E-state index contributed by atoms with van der Waals surface area (Å²) >= 11 is 0. The van der Waals surface area contributed by atoms with Gasteiger partial charge in [0.25, 0.3) is 0 Å². The molecule has 6 nitrogen and oxygen atoms in total. The number of rotatable bonds is 4. The van der Waals surface area contributed by atoms with Gasteiger partial charge < -0.3 is 10.1 Å². The first kappa shape index (κ1) is 19.9. The lowest BCUT2D eigenvalue weighted by Crippen LogP contribution is -2.27. The van der Waals surface area contributed by atoms with E-state index in [0.717, 1.165) is 62.6 Å². The van der Waals surface area contributed by atoms with Gasteiger partial charge in [0.1, 0.15) is 5.82 Å². The lowest BCUT2D eigenvalue weighted by atomic mass is 9.88. The van der Waals surface area contributed by atoms with E-state index in [9.17, 15) is 0 Å². The van der Waals surface area contributed by atoms with Crippen molar-refractivity contribution in [1.29, 1.82) is 0 Å². The number of ether oxygens (including phenoxy) is 1. The number of nitrogens with zero attached hydrogens (tertiary/aromatic N) is 4. The van der Waals surface area contributed by atoms with E-state index < -0.39 is 0 Å². The van der Waals surface area contributed by atoms with Crippen molar-refractivity contribution in [2.75, 3.05) is 18.5 Å². The molecule has 0 bridgehead atoms. The Balaban J connectivity index is 1.34. The summed E-state index contributed by atoms with van der Waals surface area (Å²) in [5.74, 6) is 2.33. The van der Waals surface area contributed by atoms with Crippen molar-refractivity contribution in [3.05, 3.63) is 58.6 Å². The number of hydrogen-bond donors (Lipinski definition) is 1. The second kappa shape index (κ2) is 8.00. The highest BCUT2D eigenvalue weighted by Crippen LogP contribution is 2.42. The van der Waals surface area contributed by atoms with Crippen LogP contribution in [0.25, 0.3) is 11.2 Å². The molecule has 3 aliphatic rings. The number of hydrogen-bond acceptors (Lipinski definition) is 5. The molecule has 1 aliphatic heterocycles. The SMILES string of the molecule is CC(C)c1cnn2c(N[C@@H]3CCC4=C(C3)c3ccccc3C4)nc([C@H]3CCCOC3)nc12. The van der Waals surface area contributed by atoms with Crippen LogP contribution in [-0.4, -0.2) is 38.8 Å². The number of allylic oxidation sites excluding steroid dienone is 1. The van der Waals surface area contributed by atoms with Crippen LogP contribution >= 0.6 is 0 Å². The fourth-order valence-electron chi connectivity index (χ4n) is 5.53. The highest BCUT2D eigenvalue weighted by molar-refractivity contribution is 5.77. The van der Waals surface area contributed by atoms with E-state index in [-0.39, 0.29) is 5.92 Å². The normalized spacial score (nSPS) is 23.0. The van der Waals surface area contributed by atoms with Gasteiger partial charge in [0.05, 0.1) is 12.8 Å². The van der Waals surface area contributed by atoms with Crippen LogP contribution in [0.15, 0.2) is 36.0 Å². The molecule has 1 fully saturated rings. The predicted octanol–water partition coefficient (Wildman–Crippen LogP) is 5.12. The smallest absolute Gasteiger partial charge is 0.227 e. The molecule has 2 atom stereocenters. The molecule has 0 unspecified atom stereocenters. The van der Waals surface area contributed by atoms with Crippen LogP contribution in [0.5, 0.6) is 0 Å². The van der Waals surface area contributed by atoms with Crippen molar-refractivity contribution in [3.63, 3.8) is 0 Å². The topological polar surface area (TPSA) is 64.3 Å². The van der Waals surface area contributed by atoms with E-state index in [1.807, 2.05) is 10.7 Å². The molecule has 32 heavy (non-hydrogen) atoms. The summed E-state index contributed by atoms with van der Waals surface area (Å²) in [5, 5.41) is 8.45. The summed E-state index contributed by atoms with van der Waals surface area (Å²) in [6.07, 6.45) is 8.54. The van der Waals surface area contributed by atoms with Gasteiger partial charge >= 0.3 is 0 Å². The van der Waals surface area contributed by atoms with Crippen LogP contribution in [0.2, 0.25) is 0 Å². The van der Waals surface area contributed by atoms with Crippen molar-refractivity contribution in [1.82, 2.24) is 19.6 Å². The number of nitrogens with one attached hydrogen (secondary N) is 1. The Hall–Kier alpha value is -2.73. The van der Waals surface area contributed by atoms with Crippen molar-refractivity contribution in [2.24, 2.45) is 0 Å². The van der Waals surface area contributed by atoms with Gasteiger partial charge in [-0.2, -0.15) is 14.6 Å². The maximum Gasteiger partial charge on any atom is 0.227 e. The minimum atomic E-state index is 0.256. The molecule has 1 aromatic carbocycles. The first-order valence-corrected chi connectivity index (χ1v) is 12.1. The monoisotopic (exact) mass is 429 g/mol. The van der Waals surface area contributed by atoms with Crippen molar-refractivity contribution in [2.45, 2.75) is 70.3 Å². The highest BCUT2D eigenvalue weighted by Gasteiger charge is 2.29.